The van der Waals surface area contributed by atoms with Gasteiger partial charge in [0.1, 0.15) is 11.6 Å². The topological polar surface area (TPSA) is 37.8 Å². The van der Waals surface area contributed by atoms with Crippen LogP contribution in [0.2, 0.25) is 0 Å². The van der Waals surface area contributed by atoms with Gasteiger partial charge in [-0.25, -0.2) is 14.4 Å². The van der Waals surface area contributed by atoms with Crippen molar-refractivity contribution in [1.82, 2.24) is 9.97 Å². The number of rotatable bonds is 5. The standard InChI is InChI=1S/C16H19BrFN3/c1-4-19-15-9-12(7-10(2)3)20-16(21-15)11-5-6-13(17)14(18)8-11/h5-6,8-10H,4,7H2,1-3H3,(H,19,20,21). The van der Waals surface area contributed by atoms with Gasteiger partial charge in [-0.15, -0.1) is 0 Å². The van der Waals surface area contributed by atoms with Gasteiger partial charge in [0.15, 0.2) is 5.82 Å². The molecule has 3 nitrogen and oxygen atoms in total. The Bertz CT molecular complexity index is 629. The molecule has 0 aliphatic heterocycles. The first-order valence-corrected chi connectivity index (χ1v) is 7.86. The van der Waals surface area contributed by atoms with E-state index in [1.165, 1.54) is 6.07 Å². The smallest absolute Gasteiger partial charge is 0.161 e. The Hall–Kier alpha value is -1.49. The zero-order valence-electron chi connectivity index (χ0n) is 12.5. The first-order chi connectivity index (χ1) is 9.99. The van der Waals surface area contributed by atoms with Crippen LogP contribution in [0.5, 0.6) is 0 Å². The molecule has 1 heterocycles. The van der Waals surface area contributed by atoms with Gasteiger partial charge >= 0.3 is 0 Å². The third-order valence-corrected chi connectivity index (χ3v) is 3.58. The fraction of sp³-hybridized carbons (Fsp3) is 0.375. The molecule has 0 aliphatic rings. The van der Waals surface area contributed by atoms with Crippen molar-refractivity contribution in [1.29, 1.82) is 0 Å². The number of halogens is 2. The SMILES string of the molecule is CCNc1cc(CC(C)C)nc(-c2ccc(Br)c(F)c2)n1. The average Bonchev–Trinajstić information content (AvgIpc) is 2.41. The van der Waals surface area contributed by atoms with E-state index >= 15 is 0 Å². The summed E-state index contributed by atoms with van der Waals surface area (Å²) in [6, 6.07) is 6.91. The third kappa shape index (κ3) is 4.24. The first-order valence-electron chi connectivity index (χ1n) is 7.06. The van der Waals surface area contributed by atoms with Crippen LogP contribution in [-0.4, -0.2) is 16.5 Å². The molecule has 0 bridgehead atoms. The van der Waals surface area contributed by atoms with Crippen molar-refractivity contribution >= 4 is 21.7 Å². The maximum atomic E-state index is 13.7. The molecular formula is C16H19BrFN3. The van der Waals surface area contributed by atoms with Crippen LogP contribution in [0, 0.1) is 11.7 Å². The average molecular weight is 352 g/mol. The van der Waals surface area contributed by atoms with E-state index in [2.05, 4.69) is 45.1 Å². The van der Waals surface area contributed by atoms with E-state index < -0.39 is 0 Å². The number of hydrogen-bond acceptors (Lipinski definition) is 3. The van der Waals surface area contributed by atoms with Crippen molar-refractivity contribution in [2.75, 3.05) is 11.9 Å². The summed E-state index contributed by atoms with van der Waals surface area (Å²) in [5.41, 5.74) is 1.65. The maximum absolute atomic E-state index is 13.7. The molecule has 0 saturated heterocycles. The molecular weight excluding hydrogens is 333 g/mol. The lowest BCUT2D eigenvalue weighted by atomic mass is 10.1. The first kappa shape index (κ1) is 15.9. The minimum atomic E-state index is -0.310. The lowest BCUT2D eigenvalue weighted by Gasteiger charge is -2.11. The summed E-state index contributed by atoms with van der Waals surface area (Å²) in [6.07, 6.45) is 0.868. The quantitative estimate of drug-likeness (QED) is 0.849. The molecule has 2 rings (SSSR count). The molecule has 21 heavy (non-hydrogen) atoms. The van der Waals surface area contributed by atoms with Gasteiger partial charge in [-0.2, -0.15) is 0 Å². The third-order valence-electron chi connectivity index (χ3n) is 2.93. The molecule has 1 aromatic heterocycles. The maximum Gasteiger partial charge on any atom is 0.161 e. The zero-order valence-corrected chi connectivity index (χ0v) is 14.0. The Kier molecular flexibility index (Phi) is 5.28. The number of aromatic nitrogens is 2. The molecule has 0 atom stereocenters. The van der Waals surface area contributed by atoms with E-state index in [0.717, 1.165) is 24.5 Å². The number of nitrogens with one attached hydrogen (secondary N) is 1. The molecule has 1 N–H and O–H groups in total. The summed E-state index contributed by atoms with van der Waals surface area (Å²) in [7, 11) is 0. The minimum absolute atomic E-state index is 0.310. The van der Waals surface area contributed by atoms with Crippen LogP contribution < -0.4 is 5.32 Å². The van der Waals surface area contributed by atoms with Gasteiger partial charge in [-0.3, -0.25) is 0 Å². The number of nitrogens with zero attached hydrogens (tertiary/aromatic N) is 2. The Balaban J connectivity index is 2.45. The van der Waals surface area contributed by atoms with Gasteiger partial charge in [0.2, 0.25) is 0 Å². The second-order valence-corrected chi connectivity index (χ2v) is 6.18. The van der Waals surface area contributed by atoms with E-state index in [9.17, 15) is 4.39 Å². The minimum Gasteiger partial charge on any atom is -0.370 e. The largest absolute Gasteiger partial charge is 0.370 e. The van der Waals surface area contributed by atoms with E-state index in [0.29, 0.717) is 21.8 Å². The van der Waals surface area contributed by atoms with Crippen LogP contribution in [-0.2, 0) is 6.42 Å². The lowest BCUT2D eigenvalue weighted by molar-refractivity contribution is 0.621. The highest BCUT2D eigenvalue weighted by atomic mass is 79.9. The Morgan fingerprint density at radius 2 is 2.00 bits per heavy atom. The van der Waals surface area contributed by atoms with Gasteiger partial charge < -0.3 is 5.32 Å². The number of hydrogen-bond donors (Lipinski definition) is 1. The van der Waals surface area contributed by atoms with Crippen molar-refractivity contribution < 1.29 is 4.39 Å². The molecule has 1 aromatic carbocycles. The number of anilines is 1. The van der Waals surface area contributed by atoms with Gasteiger partial charge in [-0.05, 0) is 53.4 Å². The molecule has 2 aromatic rings. The molecule has 0 amide bonds. The van der Waals surface area contributed by atoms with Crippen molar-refractivity contribution in [3.63, 3.8) is 0 Å². The molecule has 0 radical (unpaired) electrons. The Morgan fingerprint density at radius 3 is 2.62 bits per heavy atom. The second kappa shape index (κ2) is 6.98. The highest BCUT2D eigenvalue weighted by Crippen LogP contribution is 2.24. The highest BCUT2D eigenvalue weighted by Gasteiger charge is 2.10. The van der Waals surface area contributed by atoms with Crippen molar-refractivity contribution in [2.45, 2.75) is 27.2 Å². The monoisotopic (exact) mass is 351 g/mol. The molecule has 112 valence electrons. The molecule has 0 spiro atoms. The molecule has 0 aliphatic carbocycles. The van der Waals surface area contributed by atoms with Crippen LogP contribution in [0.4, 0.5) is 10.2 Å². The van der Waals surface area contributed by atoms with Gasteiger partial charge in [0.05, 0.1) is 4.47 Å². The normalized spacial score (nSPS) is 11.0. The summed E-state index contributed by atoms with van der Waals surface area (Å²) in [5.74, 6) is 1.52. The summed E-state index contributed by atoms with van der Waals surface area (Å²) < 4.78 is 14.1. The summed E-state index contributed by atoms with van der Waals surface area (Å²) >= 11 is 3.16. The van der Waals surface area contributed by atoms with Crippen LogP contribution in [0.15, 0.2) is 28.7 Å². The van der Waals surface area contributed by atoms with Gasteiger partial charge in [0.25, 0.3) is 0 Å². The van der Waals surface area contributed by atoms with Gasteiger partial charge in [0, 0.05) is 23.9 Å². The van der Waals surface area contributed by atoms with Crippen LogP contribution >= 0.6 is 15.9 Å². The molecule has 0 fully saturated rings. The van der Waals surface area contributed by atoms with E-state index in [1.807, 2.05) is 19.1 Å². The van der Waals surface area contributed by atoms with Crippen LogP contribution in [0.1, 0.15) is 26.5 Å². The summed E-state index contributed by atoms with van der Waals surface area (Å²) in [4.78, 5) is 9.03. The van der Waals surface area contributed by atoms with Gasteiger partial charge in [-0.1, -0.05) is 13.8 Å². The Morgan fingerprint density at radius 1 is 1.24 bits per heavy atom. The fourth-order valence-corrected chi connectivity index (χ4v) is 2.30. The number of benzene rings is 1. The molecule has 5 heteroatoms. The lowest BCUT2D eigenvalue weighted by Crippen LogP contribution is -2.06. The highest BCUT2D eigenvalue weighted by molar-refractivity contribution is 9.10. The van der Waals surface area contributed by atoms with E-state index in [4.69, 9.17) is 0 Å². The second-order valence-electron chi connectivity index (χ2n) is 5.33. The fourth-order valence-electron chi connectivity index (χ4n) is 2.06. The molecule has 0 saturated carbocycles. The zero-order chi connectivity index (χ0) is 15.4. The van der Waals surface area contributed by atoms with Crippen molar-refractivity contribution in [2.24, 2.45) is 5.92 Å². The van der Waals surface area contributed by atoms with Crippen molar-refractivity contribution in [3.8, 4) is 11.4 Å². The summed E-state index contributed by atoms with van der Waals surface area (Å²) in [6.45, 7) is 7.09. The predicted octanol–water partition coefficient (Wildman–Crippen LogP) is 4.68. The predicted molar refractivity (Wildman–Crippen MR) is 87.8 cm³/mol. The molecule has 0 unspecified atom stereocenters. The van der Waals surface area contributed by atoms with E-state index in [-0.39, 0.29) is 5.82 Å². The van der Waals surface area contributed by atoms with Crippen molar-refractivity contribution in [3.05, 3.63) is 40.2 Å². The van der Waals surface area contributed by atoms with E-state index in [1.54, 1.807) is 6.07 Å². The van der Waals surface area contributed by atoms with Crippen LogP contribution in [0.3, 0.4) is 0 Å². The summed E-state index contributed by atoms with van der Waals surface area (Å²) in [5, 5.41) is 3.20. The van der Waals surface area contributed by atoms with Crippen LogP contribution in [0.25, 0.3) is 11.4 Å². The Labute approximate surface area is 133 Å².